The van der Waals surface area contributed by atoms with E-state index in [0.29, 0.717) is 39.1 Å². The quantitative estimate of drug-likeness (QED) is 0.434. The highest BCUT2D eigenvalue weighted by Gasteiger charge is 2.30. The maximum absolute atomic E-state index is 12.6. The van der Waals surface area contributed by atoms with Crippen LogP contribution in [0.5, 0.6) is 0 Å². The second-order valence-electron chi connectivity index (χ2n) is 7.77. The number of hydrogen-bond donors (Lipinski definition) is 1. The monoisotopic (exact) mass is 447 g/mol. The maximum Gasteiger partial charge on any atom is 0.407 e. The van der Waals surface area contributed by atoms with Gasteiger partial charge in [0.1, 0.15) is 6.61 Å². The molecule has 0 spiro atoms. The summed E-state index contributed by atoms with van der Waals surface area (Å²) in [6, 6.07) is 9.35. The van der Waals surface area contributed by atoms with Crippen molar-refractivity contribution < 1.29 is 28.7 Å². The Morgan fingerprint density at radius 1 is 1.16 bits per heavy atom. The summed E-state index contributed by atoms with van der Waals surface area (Å²) >= 11 is 0. The molecule has 1 aliphatic heterocycles. The maximum atomic E-state index is 12.6. The summed E-state index contributed by atoms with van der Waals surface area (Å²) in [7, 11) is 1.58. The molecule has 32 heavy (non-hydrogen) atoms. The zero-order valence-corrected chi connectivity index (χ0v) is 18.9. The Kier molecular flexibility index (Phi) is 10.5. The van der Waals surface area contributed by atoms with Crippen LogP contribution in [0, 0.1) is 5.92 Å². The molecule has 3 amide bonds. The minimum atomic E-state index is -0.536. The number of hydrogen-bond acceptors (Lipinski definition) is 6. The molecule has 0 bridgehead atoms. The van der Waals surface area contributed by atoms with Crippen LogP contribution in [0.25, 0.3) is 0 Å². The predicted molar refractivity (Wildman–Crippen MR) is 117 cm³/mol. The summed E-state index contributed by atoms with van der Waals surface area (Å²) in [6.45, 7) is 3.42. The number of nitrogens with zero attached hydrogens (tertiary/aromatic N) is 2. The number of carbonyl (C=O) groups is 4. The summed E-state index contributed by atoms with van der Waals surface area (Å²) in [5.74, 6) is -0.945. The van der Waals surface area contributed by atoms with Crippen molar-refractivity contribution in [1.82, 2.24) is 15.1 Å². The van der Waals surface area contributed by atoms with Crippen LogP contribution in [0.3, 0.4) is 0 Å². The molecular formula is C23H33N3O6. The minimum absolute atomic E-state index is 0.0407. The van der Waals surface area contributed by atoms with Gasteiger partial charge in [-0.1, -0.05) is 30.3 Å². The standard InChI is InChI=1S/C23H33N3O6/c1-3-31-22(29)19-11-8-14-26(15-19)21(28)16-25(2)20(27)12-7-13-24-23(30)32-17-18-9-5-4-6-10-18/h4-6,9-10,19H,3,7-8,11-17H2,1-2H3,(H,24,30). The summed E-state index contributed by atoms with van der Waals surface area (Å²) in [4.78, 5) is 51.5. The van der Waals surface area contributed by atoms with Crippen LogP contribution in [0.1, 0.15) is 38.2 Å². The zero-order chi connectivity index (χ0) is 23.3. The second-order valence-corrected chi connectivity index (χ2v) is 7.77. The van der Waals surface area contributed by atoms with E-state index in [2.05, 4.69) is 5.32 Å². The Morgan fingerprint density at radius 3 is 2.62 bits per heavy atom. The average molecular weight is 448 g/mol. The Hall–Kier alpha value is -3.10. The van der Waals surface area contributed by atoms with E-state index in [-0.39, 0.29) is 43.3 Å². The Balaban J connectivity index is 1.63. The summed E-state index contributed by atoms with van der Waals surface area (Å²) in [5, 5.41) is 2.61. The molecule has 1 aliphatic rings. The first-order valence-electron chi connectivity index (χ1n) is 11.0. The minimum Gasteiger partial charge on any atom is -0.466 e. The first-order valence-corrected chi connectivity index (χ1v) is 11.0. The number of esters is 1. The number of nitrogens with one attached hydrogen (secondary N) is 1. The highest BCUT2D eigenvalue weighted by atomic mass is 16.5. The number of likely N-dealkylation sites (N-methyl/N-ethyl adjacent to an activating group) is 1. The lowest BCUT2D eigenvalue weighted by Crippen LogP contribution is -2.47. The molecule has 9 nitrogen and oxygen atoms in total. The number of alkyl carbamates (subject to hydrolysis) is 1. The van der Waals surface area contributed by atoms with Crippen molar-refractivity contribution in [3.05, 3.63) is 35.9 Å². The lowest BCUT2D eigenvalue weighted by Gasteiger charge is -2.32. The fourth-order valence-corrected chi connectivity index (χ4v) is 3.44. The molecule has 1 unspecified atom stereocenters. The van der Waals surface area contributed by atoms with Gasteiger partial charge in [-0.3, -0.25) is 14.4 Å². The summed E-state index contributed by atoms with van der Waals surface area (Å²) in [5.41, 5.74) is 0.895. The van der Waals surface area contributed by atoms with Crippen molar-refractivity contribution in [2.45, 2.75) is 39.2 Å². The zero-order valence-electron chi connectivity index (χ0n) is 18.9. The van der Waals surface area contributed by atoms with Crippen LogP contribution in [-0.4, -0.2) is 73.5 Å². The number of carbonyl (C=O) groups excluding carboxylic acids is 4. The average Bonchev–Trinajstić information content (AvgIpc) is 2.81. The number of benzene rings is 1. The van der Waals surface area contributed by atoms with Gasteiger partial charge in [0.2, 0.25) is 11.8 Å². The topological polar surface area (TPSA) is 105 Å². The van der Waals surface area contributed by atoms with Gasteiger partial charge in [-0.2, -0.15) is 0 Å². The predicted octanol–water partition coefficient (Wildman–Crippen LogP) is 1.95. The second kappa shape index (κ2) is 13.3. The molecule has 176 valence electrons. The lowest BCUT2D eigenvalue weighted by atomic mass is 9.98. The van der Waals surface area contributed by atoms with E-state index in [0.717, 1.165) is 12.0 Å². The first-order chi connectivity index (χ1) is 15.4. The van der Waals surface area contributed by atoms with Crippen LogP contribution in [0.15, 0.2) is 30.3 Å². The largest absolute Gasteiger partial charge is 0.466 e. The van der Waals surface area contributed by atoms with Gasteiger partial charge in [0.05, 0.1) is 19.1 Å². The van der Waals surface area contributed by atoms with Crippen LogP contribution in [0.4, 0.5) is 4.79 Å². The first kappa shape index (κ1) is 25.2. The van der Waals surface area contributed by atoms with Crippen LogP contribution >= 0.6 is 0 Å². The molecule has 1 saturated heterocycles. The van der Waals surface area contributed by atoms with Gasteiger partial charge < -0.3 is 24.6 Å². The van der Waals surface area contributed by atoms with E-state index >= 15 is 0 Å². The molecule has 2 rings (SSSR count). The van der Waals surface area contributed by atoms with Crippen LogP contribution < -0.4 is 5.32 Å². The van der Waals surface area contributed by atoms with E-state index in [1.165, 1.54) is 4.90 Å². The number of ether oxygens (including phenoxy) is 2. The van der Waals surface area contributed by atoms with E-state index < -0.39 is 6.09 Å². The Morgan fingerprint density at radius 2 is 1.91 bits per heavy atom. The number of piperidine rings is 1. The highest BCUT2D eigenvalue weighted by molar-refractivity contribution is 5.85. The van der Waals surface area contributed by atoms with Crippen molar-refractivity contribution in [3.8, 4) is 0 Å². The molecule has 1 aromatic rings. The van der Waals surface area contributed by atoms with E-state index in [1.807, 2.05) is 30.3 Å². The third-order valence-corrected chi connectivity index (χ3v) is 5.24. The Labute approximate surface area is 189 Å². The van der Waals surface area contributed by atoms with Gasteiger partial charge in [-0.15, -0.1) is 0 Å². The smallest absolute Gasteiger partial charge is 0.407 e. The van der Waals surface area contributed by atoms with Gasteiger partial charge in [0, 0.05) is 33.1 Å². The lowest BCUT2D eigenvalue weighted by molar-refractivity contribution is -0.152. The summed E-state index contributed by atoms with van der Waals surface area (Å²) < 4.78 is 10.2. The normalized spacial score (nSPS) is 15.6. The van der Waals surface area contributed by atoms with Crippen LogP contribution in [-0.2, 0) is 30.5 Å². The van der Waals surface area contributed by atoms with Crippen molar-refractivity contribution in [3.63, 3.8) is 0 Å². The number of amides is 3. The molecule has 0 aromatic heterocycles. The fraction of sp³-hybridized carbons (Fsp3) is 0.565. The third kappa shape index (κ3) is 8.56. The van der Waals surface area contributed by atoms with Gasteiger partial charge >= 0.3 is 12.1 Å². The molecule has 9 heteroatoms. The van der Waals surface area contributed by atoms with Gasteiger partial charge in [0.15, 0.2) is 0 Å². The van der Waals surface area contributed by atoms with E-state index in [4.69, 9.17) is 9.47 Å². The molecular weight excluding hydrogens is 414 g/mol. The van der Waals surface area contributed by atoms with E-state index in [1.54, 1.807) is 18.9 Å². The molecule has 1 aromatic carbocycles. The SMILES string of the molecule is CCOC(=O)C1CCCN(C(=O)CN(C)C(=O)CCCNC(=O)OCc2ccccc2)C1. The van der Waals surface area contributed by atoms with E-state index in [9.17, 15) is 19.2 Å². The third-order valence-electron chi connectivity index (χ3n) is 5.24. The Bertz CT molecular complexity index is 770. The molecule has 1 N–H and O–H groups in total. The molecule has 1 fully saturated rings. The molecule has 0 radical (unpaired) electrons. The molecule has 0 aliphatic carbocycles. The van der Waals surface area contributed by atoms with Crippen molar-refractivity contribution in [2.24, 2.45) is 5.92 Å². The van der Waals surface area contributed by atoms with Crippen molar-refractivity contribution >= 4 is 23.9 Å². The highest BCUT2D eigenvalue weighted by Crippen LogP contribution is 2.18. The van der Waals surface area contributed by atoms with Gasteiger partial charge in [0.25, 0.3) is 0 Å². The van der Waals surface area contributed by atoms with Crippen LogP contribution in [0.2, 0.25) is 0 Å². The molecule has 0 saturated carbocycles. The number of rotatable bonds is 10. The number of likely N-dealkylation sites (tertiary alicyclic amines) is 1. The van der Waals surface area contributed by atoms with Crippen molar-refractivity contribution in [2.75, 3.05) is 39.8 Å². The van der Waals surface area contributed by atoms with Crippen molar-refractivity contribution in [1.29, 1.82) is 0 Å². The molecule has 1 atom stereocenters. The summed E-state index contributed by atoms with van der Waals surface area (Å²) in [6.07, 6.45) is 1.55. The fourth-order valence-electron chi connectivity index (χ4n) is 3.44. The van der Waals surface area contributed by atoms with Gasteiger partial charge in [-0.25, -0.2) is 4.79 Å². The van der Waals surface area contributed by atoms with Gasteiger partial charge in [-0.05, 0) is 31.7 Å². The molecule has 1 heterocycles.